The van der Waals surface area contributed by atoms with Crippen molar-refractivity contribution in [2.24, 2.45) is 11.7 Å². The van der Waals surface area contributed by atoms with Gasteiger partial charge in [-0.15, -0.1) is 22.6 Å². The fourth-order valence-electron chi connectivity index (χ4n) is 3.27. The second-order valence-electron chi connectivity index (χ2n) is 7.11. The minimum atomic E-state index is -0.472. The number of nitrogens with one attached hydrogen (secondary N) is 1. The quantitative estimate of drug-likeness (QED) is 0.831. The first-order valence-corrected chi connectivity index (χ1v) is 8.95. The molecule has 1 fully saturated rings. The molecule has 0 bridgehead atoms. The van der Waals surface area contributed by atoms with Gasteiger partial charge in [0.25, 0.3) is 0 Å². The number of hydrogen-bond donors (Lipinski definition) is 2. The van der Waals surface area contributed by atoms with Crippen LogP contribution in [0.2, 0.25) is 0 Å². The zero-order valence-electron chi connectivity index (χ0n) is 15.2. The number of carbonyl (C=O) groups is 1. The van der Waals surface area contributed by atoms with Crippen LogP contribution >= 0.6 is 12.4 Å². The summed E-state index contributed by atoms with van der Waals surface area (Å²) in [4.78, 5) is 14.3. The minimum absolute atomic E-state index is 0. The van der Waals surface area contributed by atoms with Gasteiger partial charge in [0.15, 0.2) is 6.04 Å². The summed E-state index contributed by atoms with van der Waals surface area (Å²) in [6.07, 6.45) is 3.77. The smallest absolute Gasteiger partial charge is 0.247 e. The van der Waals surface area contributed by atoms with Crippen LogP contribution in [-0.4, -0.2) is 38.2 Å². The van der Waals surface area contributed by atoms with Crippen LogP contribution in [0.25, 0.3) is 11.4 Å². The fraction of sp³-hybridized carbons (Fsp3) is 0.556. The Morgan fingerprint density at radius 3 is 2.46 bits per heavy atom. The molecule has 3 N–H and O–H groups in total. The molecule has 26 heavy (non-hydrogen) atoms. The van der Waals surface area contributed by atoms with E-state index >= 15 is 0 Å². The molecule has 1 unspecified atom stereocenters. The van der Waals surface area contributed by atoms with Crippen molar-refractivity contribution in [1.29, 1.82) is 0 Å². The standard InChI is InChI=1S/C18H26N6O.ClH/c1-12(2)16(18(25)20-15-10-8-14(19)9-11-15)24-22-17(21-23-24)13-6-4-3-5-7-13;/h3-7,12,14-16H,8-11,19H2,1-2H3,(H,20,25);1H. The molecule has 1 atom stereocenters. The number of benzene rings is 1. The van der Waals surface area contributed by atoms with Crippen LogP contribution in [0.15, 0.2) is 30.3 Å². The van der Waals surface area contributed by atoms with E-state index < -0.39 is 6.04 Å². The summed E-state index contributed by atoms with van der Waals surface area (Å²) in [5.74, 6) is 0.541. The molecule has 1 aliphatic rings. The summed E-state index contributed by atoms with van der Waals surface area (Å²) in [6, 6.07) is 9.63. The highest BCUT2D eigenvalue weighted by Crippen LogP contribution is 2.21. The predicted molar refractivity (Wildman–Crippen MR) is 103 cm³/mol. The van der Waals surface area contributed by atoms with Gasteiger partial charge in [0, 0.05) is 17.6 Å². The molecule has 0 spiro atoms. The van der Waals surface area contributed by atoms with Crippen molar-refractivity contribution in [2.45, 2.75) is 57.7 Å². The number of amides is 1. The maximum atomic E-state index is 12.8. The van der Waals surface area contributed by atoms with Crippen LogP contribution in [0.4, 0.5) is 0 Å². The van der Waals surface area contributed by atoms with E-state index in [1.807, 2.05) is 44.2 Å². The summed E-state index contributed by atoms with van der Waals surface area (Å²) in [5, 5.41) is 15.8. The first kappa shape index (κ1) is 20.3. The van der Waals surface area contributed by atoms with Crippen molar-refractivity contribution in [2.75, 3.05) is 0 Å². The largest absolute Gasteiger partial charge is 0.351 e. The molecular formula is C18H27ClN6O. The van der Waals surface area contributed by atoms with Gasteiger partial charge in [0.2, 0.25) is 11.7 Å². The number of rotatable bonds is 5. The van der Waals surface area contributed by atoms with Crippen molar-refractivity contribution < 1.29 is 4.79 Å². The maximum absolute atomic E-state index is 12.8. The molecule has 1 heterocycles. The molecule has 0 radical (unpaired) electrons. The Balaban J connectivity index is 0.00000243. The average Bonchev–Trinajstić information content (AvgIpc) is 3.07. The summed E-state index contributed by atoms with van der Waals surface area (Å²) in [5.41, 5.74) is 6.83. The van der Waals surface area contributed by atoms with E-state index in [0.29, 0.717) is 5.82 Å². The van der Waals surface area contributed by atoms with Crippen LogP contribution in [0.5, 0.6) is 0 Å². The van der Waals surface area contributed by atoms with Crippen molar-refractivity contribution in [3.8, 4) is 11.4 Å². The minimum Gasteiger partial charge on any atom is -0.351 e. The fourth-order valence-corrected chi connectivity index (χ4v) is 3.27. The SMILES string of the molecule is CC(C)C(C(=O)NC1CCC(N)CC1)n1nnc(-c2ccccc2)n1.Cl. The third-order valence-corrected chi connectivity index (χ3v) is 4.73. The average molecular weight is 379 g/mol. The van der Waals surface area contributed by atoms with E-state index in [1.54, 1.807) is 0 Å². The maximum Gasteiger partial charge on any atom is 0.247 e. The monoisotopic (exact) mass is 378 g/mol. The van der Waals surface area contributed by atoms with Crippen molar-refractivity contribution in [1.82, 2.24) is 25.5 Å². The highest BCUT2D eigenvalue weighted by Gasteiger charge is 2.30. The molecule has 3 rings (SSSR count). The third-order valence-electron chi connectivity index (χ3n) is 4.73. The topological polar surface area (TPSA) is 98.7 Å². The molecule has 142 valence electrons. The predicted octanol–water partition coefficient (Wildman–Crippen LogP) is 2.35. The first-order valence-electron chi connectivity index (χ1n) is 8.95. The van der Waals surface area contributed by atoms with Gasteiger partial charge in [0.05, 0.1) is 0 Å². The third kappa shape index (κ3) is 4.80. The molecule has 0 saturated heterocycles. The molecule has 0 aliphatic heterocycles. The van der Waals surface area contributed by atoms with Crippen LogP contribution in [0.1, 0.15) is 45.6 Å². The Morgan fingerprint density at radius 1 is 1.19 bits per heavy atom. The lowest BCUT2D eigenvalue weighted by Gasteiger charge is -2.29. The number of nitrogens with two attached hydrogens (primary N) is 1. The molecule has 1 aromatic heterocycles. The highest BCUT2D eigenvalue weighted by atomic mass is 35.5. The molecule has 1 saturated carbocycles. The van der Waals surface area contributed by atoms with Gasteiger partial charge < -0.3 is 11.1 Å². The Hall–Kier alpha value is -1.99. The van der Waals surface area contributed by atoms with Gasteiger partial charge in [0.1, 0.15) is 0 Å². The van der Waals surface area contributed by atoms with Crippen molar-refractivity contribution >= 4 is 18.3 Å². The van der Waals surface area contributed by atoms with Gasteiger partial charge in [-0.1, -0.05) is 44.2 Å². The lowest BCUT2D eigenvalue weighted by Crippen LogP contribution is -2.45. The summed E-state index contributed by atoms with van der Waals surface area (Å²) < 4.78 is 0. The number of nitrogens with zero attached hydrogens (tertiary/aromatic N) is 4. The molecule has 7 nitrogen and oxygen atoms in total. The number of aromatic nitrogens is 4. The first-order chi connectivity index (χ1) is 12.0. The second-order valence-corrected chi connectivity index (χ2v) is 7.11. The van der Waals surface area contributed by atoms with Crippen molar-refractivity contribution in [3.05, 3.63) is 30.3 Å². The summed E-state index contributed by atoms with van der Waals surface area (Å²) in [7, 11) is 0. The van der Waals surface area contributed by atoms with E-state index in [9.17, 15) is 4.79 Å². The van der Waals surface area contributed by atoms with Gasteiger partial charge in [-0.2, -0.15) is 4.80 Å². The molecule has 1 aliphatic carbocycles. The zero-order chi connectivity index (χ0) is 17.8. The number of halogens is 1. The van der Waals surface area contributed by atoms with E-state index in [0.717, 1.165) is 31.2 Å². The van der Waals surface area contributed by atoms with E-state index in [2.05, 4.69) is 20.7 Å². The molecule has 2 aromatic rings. The normalized spacial score (nSPS) is 21.1. The lowest BCUT2D eigenvalue weighted by atomic mass is 9.91. The lowest BCUT2D eigenvalue weighted by molar-refractivity contribution is -0.127. The summed E-state index contributed by atoms with van der Waals surface area (Å²) >= 11 is 0. The Kier molecular flexibility index (Phi) is 7.11. The Labute approximate surface area is 160 Å². The van der Waals surface area contributed by atoms with E-state index in [-0.39, 0.29) is 36.3 Å². The van der Waals surface area contributed by atoms with Gasteiger partial charge in [-0.05, 0) is 36.8 Å². The van der Waals surface area contributed by atoms with Crippen LogP contribution in [0, 0.1) is 5.92 Å². The number of hydrogen-bond acceptors (Lipinski definition) is 5. The second kappa shape index (κ2) is 9.09. The van der Waals surface area contributed by atoms with E-state index in [4.69, 9.17) is 5.73 Å². The highest BCUT2D eigenvalue weighted by molar-refractivity contribution is 5.85. The van der Waals surface area contributed by atoms with Crippen molar-refractivity contribution in [3.63, 3.8) is 0 Å². The van der Waals surface area contributed by atoms with Crippen LogP contribution in [-0.2, 0) is 4.79 Å². The van der Waals surface area contributed by atoms with Crippen LogP contribution < -0.4 is 11.1 Å². The Morgan fingerprint density at radius 2 is 1.85 bits per heavy atom. The molecule has 1 amide bonds. The molecule has 8 heteroatoms. The van der Waals surface area contributed by atoms with Gasteiger partial charge in [-0.3, -0.25) is 4.79 Å². The zero-order valence-corrected chi connectivity index (χ0v) is 16.0. The molecule has 1 aromatic carbocycles. The number of carbonyl (C=O) groups excluding carboxylic acids is 1. The number of tetrazole rings is 1. The Bertz CT molecular complexity index is 697. The van der Waals surface area contributed by atoms with E-state index in [1.165, 1.54) is 4.80 Å². The summed E-state index contributed by atoms with van der Waals surface area (Å²) in [6.45, 7) is 3.99. The van der Waals surface area contributed by atoms with Gasteiger partial charge >= 0.3 is 0 Å². The molecular weight excluding hydrogens is 352 g/mol. The van der Waals surface area contributed by atoms with Gasteiger partial charge in [-0.25, -0.2) is 0 Å². The van der Waals surface area contributed by atoms with Crippen LogP contribution in [0.3, 0.4) is 0 Å².